The molecular formula is C17H26O2. The average Bonchev–Trinajstić information content (AvgIpc) is 2.37. The third-order valence-corrected chi connectivity index (χ3v) is 6.87. The van der Waals surface area contributed by atoms with Gasteiger partial charge in [0.05, 0.1) is 12.0 Å². The lowest BCUT2D eigenvalue weighted by atomic mass is 9.37. The first kappa shape index (κ1) is 12.2. The Morgan fingerprint density at radius 1 is 1.16 bits per heavy atom. The predicted molar refractivity (Wildman–Crippen MR) is 73.5 cm³/mol. The lowest BCUT2D eigenvalue weighted by Gasteiger charge is -2.67. The van der Waals surface area contributed by atoms with Gasteiger partial charge in [0, 0.05) is 0 Å². The van der Waals surface area contributed by atoms with E-state index >= 15 is 0 Å². The second-order valence-corrected chi connectivity index (χ2v) is 7.82. The van der Waals surface area contributed by atoms with Crippen molar-refractivity contribution < 1.29 is 9.53 Å². The molecule has 1 spiro atoms. The molecule has 19 heavy (non-hydrogen) atoms. The third-order valence-electron chi connectivity index (χ3n) is 6.87. The van der Waals surface area contributed by atoms with Crippen LogP contribution in [0.4, 0.5) is 0 Å². The molecule has 0 aromatic heterocycles. The zero-order valence-corrected chi connectivity index (χ0v) is 12.1. The van der Waals surface area contributed by atoms with Gasteiger partial charge in [0.2, 0.25) is 0 Å². The van der Waals surface area contributed by atoms with Crippen molar-refractivity contribution in [3.8, 4) is 0 Å². The van der Waals surface area contributed by atoms with Crippen molar-refractivity contribution in [1.29, 1.82) is 0 Å². The van der Waals surface area contributed by atoms with E-state index in [9.17, 15) is 4.79 Å². The number of hydrogen-bond donors (Lipinski definition) is 0. The molecule has 0 aromatic rings. The van der Waals surface area contributed by atoms with Crippen LogP contribution in [0, 0.1) is 28.6 Å². The van der Waals surface area contributed by atoms with Gasteiger partial charge in [-0.05, 0) is 75.0 Å². The summed E-state index contributed by atoms with van der Waals surface area (Å²) in [5, 5.41) is 0. The topological polar surface area (TPSA) is 26.3 Å². The highest BCUT2D eigenvalue weighted by Crippen LogP contribution is 2.71. The van der Waals surface area contributed by atoms with Gasteiger partial charge in [-0.1, -0.05) is 12.8 Å². The van der Waals surface area contributed by atoms with Gasteiger partial charge >= 0.3 is 5.97 Å². The van der Waals surface area contributed by atoms with E-state index < -0.39 is 0 Å². The summed E-state index contributed by atoms with van der Waals surface area (Å²) in [5.74, 6) is 2.47. The Morgan fingerprint density at radius 2 is 1.89 bits per heavy atom. The minimum atomic E-state index is -0.0689. The van der Waals surface area contributed by atoms with E-state index in [1.807, 2.05) is 6.92 Å². The number of hydrogen-bond acceptors (Lipinski definition) is 2. The maximum absolute atomic E-state index is 12.7. The van der Waals surface area contributed by atoms with Crippen LogP contribution in [0.2, 0.25) is 0 Å². The Labute approximate surface area is 116 Å². The molecule has 5 fully saturated rings. The third kappa shape index (κ3) is 1.52. The zero-order chi connectivity index (χ0) is 13.1. The molecule has 3 atom stereocenters. The van der Waals surface area contributed by atoms with E-state index in [0.717, 1.165) is 24.7 Å². The van der Waals surface area contributed by atoms with Gasteiger partial charge in [-0.25, -0.2) is 0 Å². The van der Waals surface area contributed by atoms with Crippen LogP contribution in [-0.4, -0.2) is 12.6 Å². The molecule has 5 saturated carbocycles. The first-order chi connectivity index (χ1) is 9.18. The van der Waals surface area contributed by atoms with Crippen molar-refractivity contribution in [3.63, 3.8) is 0 Å². The van der Waals surface area contributed by atoms with Gasteiger partial charge < -0.3 is 4.74 Å². The lowest BCUT2D eigenvalue weighted by Crippen LogP contribution is -2.62. The molecule has 5 aliphatic carbocycles. The van der Waals surface area contributed by atoms with Crippen LogP contribution in [-0.2, 0) is 9.53 Å². The van der Waals surface area contributed by atoms with E-state index in [1.54, 1.807) is 0 Å². The van der Waals surface area contributed by atoms with Crippen molar-refractivity contribution in [3.05, 3.63) is 0 Å². The van der Waals surface area contributed by atoms with E-state index in [0.29, 0.717) is 17.9 Å². The average molecular weight is 262 g/mol. The molecule has 2 nitrogen and oxygen atoms in total. The van der Waals surface area contributed by atoms with Crippen LogP contribution in [0.5, 0.6) is 0 Å². The standard InChI is InChI=1S/C17H26O2/c1-2-19-15(18)17-10-12-7-13(11-17)9-16(8-12)6-4-3-5-14(16)17/h12-14H,2-11H2,1H3. The van der Waals surface area contributed by atoms with E-state index in [2.05, 4.69) is 0 Å². The molecule has 0 N–H and O–H groups in total. The summed E-state index contributed by atoms with van der Waals surface area (Å²) in [6.45, 7) is 2.50. The van der Waals surface area contributed by atoms with Crippen LogP contribution >= 0.6 is 0 Å². The first-order valence-corrected chi connectivity index (χ1v) is 8.36. The molecular weight excluding hydrogens is 236 g/mol. The SMILES string of the molecule is CCOC(=O)C12CC3CC(CC4(CCCCC41)C3)C2. The Morgan fingerprint density at radius 3 is 2.58 bits per heavy atom. The highest BCUT2D eigenvalue weighted by molar-refractivity contribution is 5.78. The van der Waals surface area contributed by atoms with Gasteiger partial charge in [0.1, 0.15) is 0 Å². The molecule has 0 amide bonds. The molecule has 0 heterocycles. The molecule has 0 radical (unpaired) electrons. The molecule has 0 aliphatic heterocycles. The van der Waals surface area contributed by atoms with Crippen LogP contribution in [0.3, 0.4) is 0 Å². The van der Waals surface area contributed by atoms with Gasteiger partial charge in [-0.2, -0.15) is 0 Å². The van der Waals surface area contributed by atoms with Crippen molar-refractivity contribution in [2.45, 2.75) is 64.7 Å². The molecule has 2 heteroatoms. The van der Waals surface area contributed by atoms with Crippen LogP contribution in [0.25, 0.3) is 0 Å². The zero-order valence-electron chi connectivity index (χ0n) is 12.1. The summed E-state index contributed by atoms with van der Waals surface area (Å²) >= 11 is 0. The molecule has 0 saturated heterocycles. The number of rotatable bonds is 2. The summed E-state index contributed by atoms with van der Waals surface area (Å²) in [7, 11) is 0. The Kier molecular flexibility index (Phi) is 2.57. The molecule has 106 valence electrons. The Bertz CT molecular complexity index is 386. The first-order valence-electron chi connectivity index (χ1n) is 8.36. The minimum Gasteiger partial charge on any atom is -0.466 e. The maximum atomic E-state index is 12.7. The molecule has 0 aromatic carbocycles. The molecule has 5 rings (SSSR count). The summed E-state index contributed by atoms with van der Waals surface area (Å²) in [5.41, 5.74) is 0.468. The Balaban J connectivity index is 1.75. The second-order valence-electron chi connectivity index (χ2n) is 7.82. The lowest BCUT2D eigenvalue weighted by molar-refractivity contribution is -0.210. The molecule has 3 unspecified atom stereocenters. The van der Waals surface area contributed by atoms with Crippen molar-refractivity contribution >= 4 is 5.97 Å². The second kappa shape index (κ2) is 3.99. The number of esters is 1. The van der Waals surface area contributed by atoms with Crippen molar-refractivity contribution in [2.24, 2.45) is 28.6 Å². The number of carbonyl (C=O) groups excluding carboxylic acids is 1. The Hall–Kier alpha value is -0.530. The highest BCUT2D eigenvalue weighted by Gasteiger charge is 2.66. The molecule has 5 aliphatic rings. The van der Waals surface area contributed by atoms with E-state index in [1.165, 1.54) is 44.9 Å². The number of ether oxygens (including phenoxy) is 1. The van der Waals surface area contributed by atoms with Crippen LogP contribution in [0.15, 0.2) is 0 Å². The quantitative estimate of drug-likeness (QED) is 0.705. The smallest absolute Gasteiger partial charge is 0.312 e. The highest BCUT2D eigenvalue weighted by atomic mass is 16.5. The fraction of sp³-hybridized carbons (Fsp3) is 0.941. The fourth-order valence-corrected chi connectivity index (χ4v) is 6.82. The maximum Gasteiger partial charge on any atom is 0.312 e. The largest absolute Gasteiger partial charge is 0.466 e. The normalized spacial score (nSPS) is 50.9. The summed E-state index contributed by atoms with van der Waals surface area (Å²) in [4.78, 5) is 12.7. The summed E-state index contributed by atoms with van der Waals surface area (Å²) in [6.07, 6.45) is 12.0. The summed E-state index contributed by atoms with van der Waals surface area (Å²) < 4.78 is 5.53. The van der Waals surface area contributed by atoms with Gasteiger partial charge in [-0.3, -0.25) is 4.79 Å². The van der Waals surface area contributed by atoms with E-state index in [4.69, 9.17) is 4.74 Å². The fourth-order valence-electron chi connectivity index (χ4n) is 6.82. The van der Waals surface area contributed by atoms with Gasteiger partial charge in [-0.15, -0.1) is 0 Å². The van der Waals surface area contributed by atoms with Gasteiger partial charge in [0.25, 0.3) is 0 Å². The molecule has 4 bridgehead atoms. The van der Waals surface area contributed by atoms with Crippen molar-refractivity contribution in [1.82, 2.24) is 0 Å². The predicted octanol–water partition coefficient (Wildman–Crippen LogP) is 3.94. The number of carbonyl (C=O) groups is 1. The monoisotopic (exact) mass is 262 g/mol. The van der Waals surface area contributed by atoms with Crippen molar-refractivity contribution in [2.75, 3.05) is 6.61 Å². The summed E-state index contributed by atoms with van der Waals surface area (Å²) in [6, 6.07) is 0. The van der Waals surface area contributed by atoms with E-state index in [-0.39, 0.29) is 11.4 Å². The minimum absolute atomic E-state index is 0.0689. The van der Waals surface area contributed by atoms with Crippen LogP contribution < -0.4 is 0 Å². The van der Waals surface area contributed by atoms with Crippen LogP contribution in [0.1, 0.15) is 64.7 Å². The van der Waals surface area contributed by atoms with Gasteiger partial charge in [0.15, 0.2) is 0 Å².